The van der Waals surface area contributed by atoms with Crippen LogP contribution in [0.1, 0.15) is 24.1 Å². The molecule has 1 saturated heterocycles. The van der Waals surface area contributed by atoms with Gasteiger partial charge in [0.25, 0.3) is 0 Å². The molecule has 1 atom stereocenters. The Hall–Kier alpha value is -3.58. The first kappa shape index (κ1) is 25.5. The summed E-state index contributed by atoms with van der Waals surface area (Å²) in [6, 6.07) is 9.21. The fourth-order valence-corrected chi connectivity index (χ4v) is 5.57. The molecule has 1 aliphatic rings. The number of nitrogens with two attached hydrogens (primary N) is 1. The van der Waals surface area contributed by atoms with E-state index in [0.29, 0.717) is 18.4 Å². The maximum absolute atomic E-state index is 13.2. The van der Waals surface area contributed by atoms with Gasteiger partial charge in [-0.1, -0.05) is 12.1 Å². The third kappa shape index (κ3) is 5.46. The highest BCUT2D eigenvalue weighted by Crippen LogP contribution is 2.31. The Kier molecular flexibility index (Phi) is 6.96. The number of sulfonamides is 1. The Morgan fingerprint density at radius 2 is 1.75 bits per heavy atom. The molecule has 190 valence electrons. The first-order chi connectivity index (χ1) is 16.9. The van der Waals surface area contributed by atoms with Gasteiger partial charge in [0.2, 0.25) is 21.9 Å². The lowest BCUT2D eigenvalue weighted by Crippen LogP contribution is -2.45. The molecular formula is C23H21F4N5O3S. The summed E-state index contributed by atoms with van der Waals surface area (Å²) in [5.41, 5.74) is 5.87. The van der Waals surface area contributed by atoms with E-state index in [1.165, 1.54) is 18.2 Å². The van der Waals surface area contributed by atoms with E-state index in [9.17, 15) is 30.8 Å². The van der Waals surface area contributed by atoms with E-state index in [-0.39, 0.29) is 35.3 Å². The van der Waals surface area contributed by atoms with Crippen molar-refractivity contribution in [3.05, 3.63) is 71.7 Å². The van der Waals surface area contributed by atoms with Gasteiger partial charge >= 0.3 is 6.18 Å². The Balaban J connectivity index is 1.48. The van der Waals surface area contributed by atoms with Gasteiger partial charge in [-0.3, -0.25) is 4.79 Å². The van der Waals surface area contributed by atoms with Crippen LogP contribution in [0.15, 0.2) is 59.5 Å². The number of nitrogens with one attached hydrogen (secondary N) is 1. The minimum atomic E-state index is -4.48. The van der Waals surface area contributed by atoms with Crippen molar-refractivity contribution in [3.63, 3.8) is 0 Å². The van der Waals surface area contributed by atoms with Gasteiger partial charge in [0.15, 0.2) is 0 Å². The molecule has 8 nitrogen and oxygen atoms in total. The summed E-state index contributed by atoms with van der Waals surface area (Å²) in [6.45, 7) is 0.0243. The first-order valence-corrected chi connectivity index (χ1v) is 12.3. The predicted octanol–water partition coefficient (Wildman–Crippen LogP) is 3.35. The van der Waals surface area contributed by atoms with Crippen LogP contribution in [-0.4, -0.2) is 41.2 Å². The lowest BCUT2D eigenvalue weighted by atomic mass is 10.1. The molecule has 0 spiro atoms. The van der Waals surface area contributed by atoms with Crippen molar-refractivity contribution in [1.29, 1.82) is 0 Å². The summed E-state index contributed by atoms with van der Waals surface area (Å²) in [4.78, 5) is 20.8. The zero-order valence-corrected chi connectivity index (χ0v) is 19.5. The first-order valence-electron chi connectivity index (χ1n) is 10.8. The number of amides is 1. The smallest absolute Gasteiger partial charge is 0.368 e. The second-order valence-electron chi connectivity index (χ2n) is 8.12. The van der Waals surface area contributed by atoms with Gasteiger partial charge < -0.3 is 11.1 Å². The number of nitrogen functional groups attached to an aromatic ring is 1. The van der Waals surface area contributed by atoms with E-state index >= 15 is 0 Å². The number of nitrogens with zero attached hydrogens (tertiary/aromatic N) is 3. The highest BCUT2D eigenvalue weighted by atomic mass is 32.2. The van der Waals surface area contributed by atoms with E-state index in [4.69, 9.17) is 5.73 Å². The number of hydrogen-bond acceptors (Lipinski definition) is 6. The van der Waals surface area contributed by atoms with Crippen molar-refractivity contribution in [3.8, 4) is 11.3 Å². The van der Waals surface area contributed by atoms with Crippen molar-refractivity contribution in [2.24, 2.45) is 0 Å². The van der Waals surface area contributed by atoms with E-state index < -0.39 is 39.5 Å². The van der Waals surface area contributed by atoms with Gasteiger partial charge in [-0.25, -0.2) is 22.8 Å². The van der Waals surface area contributed by atoms with Gasteiger partial charge in [0.1, 0.15) is 11.9 Å². The molecule has 1 amide bonds. The fourth-order valence-electron chi connectivity index (χ4n) is 3.91. The number of halogens is 4. The highest BCUT2D eigenvalue weighted by Gasteiger charge is 2.39. The van der Waals surface area contributed by atoms with Crippen LogP contribution in [0.2, 0.25) is 0 Å². The van der Waals surface area contributed by atoms with Crippen LogP contribution in [0.3, 0.4) is 0 Å². The van der Waals surface area contributed by atoms with Crippen LogP contribution in [0.4, 0.5) is 23.5 Å². The highest BCUT2D eigenvalue weighted by molar-refractivity contribution is 7.89. The third-order valence-electron chi connectivity index (χ3n) is 5.67. The Morgan fingerprint density at radius 3 is 2.39 bits per heavy atom. The quantitative estimate of drug-likeness (QED) is 0.479. The molecule has 0 saturated carbocycles. The summed E-state index contributed by atoms with van der Waals surface area (Å²) < 4.78 is 78.7. The lowest BCUT2D eigenvalue weighted by molar-refractivity contribution is -0.137. The molecule has 13 heteroatoms. The van der Waals surface area contributed by atoms with Gasteiger partial charge in [-0.05, 0) is 55.3 Å². The number of anilines is 1. The normalized spacial score (nSPS) is 16.7. The zero-order valence-electron chi connectivity index (χ0n) is 18.7. The van der Waals surface area contributed by atoms with Crippen molar-refractivity contribution < 1.29 is 30.8 Å². The molecular weight excluding hydrogens is 502 g/mol. The summed E-state index contributed by atoms with van der Waals surface area (Å²) in [7, 11) is -4.02. The molecule has 1 aromatic heterocycles. The fraction of sp³-hybridized carbons (Fsp3) is 0.261. The van der Waals surface area contributed by atoms with Gasteiger partial charge in [-0.2, -0.15) is 17.5 Å². The maximum Gasteiger partial charge on any atom is 0.416 e. The molecule has 1 fully saturated rings. The average molecular weight is 524 g/mol. The van der Waals surface area contributed by atoms with E-state index in [2.05, 4.69) is 15.3 Å². The summed E-state index contributed by atoms with van der Waals surface area (Å²) in [5.74, 6) is -1.27. The average Bonchev–Trinajstić information content (AvgIpc) is 3.33. The molecule has 36 heavy (non-hydrogen) atoms. The molecule has 2 heterocycles. The van der Waals surface area contributed by atoms with Crippen molar-refractivity contribution in [1.82, 2.24) is 19.6 Å². The molecule has 4 rings (SSSR count). The number of alkyl halides is 3. The van der Waals surface area contributed by atoms with Crippen LogP contribution in [0.5, 0.6) is 0 Å². The van der Waals surface area contributed by atoms with Gasteiger partial charge in [-0.15, -0.1) is 0 Å². The number of carbonyl (C=O) groups excluding carboxylic acids is 1. The molecule has 3 aromatic rings. The molecule has 1 aliphatic heterocycles. The number of benzene rings is 2. The van der Waals surface area contributed by atoms with Crippen LogP contribution >= 0.6 is 0 Å². The molecule has 1 unspecified atom stereocenters. The molecule has 3 N–H and O–H groups in total. The monoisotopic (exact) mass is 523 g/mol. The topological polar surface area (TPSA) is 118 Å². The largest absolute Gasteiger partial charge is 0.416 e. The van der Waals surface area contributed by atoms with Crippen LogP contribution in [-0.2, 0) is 27.5 Å². The maximum atomic E-state index is 13.2. The van der Waals surface area contributed by atoms with E-state index in [1.54, 1.807) is 0 Å². The molecule has 0 bridgehead atoms. The third-order valence-corrected chi connectivity index (χ3v) is 7.60. The standard InChI is InChI=1S/C23H21F4N5O3S/c24-16-7-9-18(10-8-16)36(34,35)32-11-1-2-20(32)21(33)29-13-17-12-19(31-22(28)30-17)14-3-5-15(6-4-14)23(25,26)27/h3-10,12,20H,1-2,11,13H2,(H,29,33)(H2,28,30,31). The Morgan fingerprint density at radius 1 is 1.08 bits per heavy atom. The summed E-state index contributed by atoms with van der Waals surface area (Å²) >= 11 is 0. The minimum absolute atomic E-state index is 0.111. The number of hydrogen-bond donors (Lipinski definition) is 2. The van der Waals surface area contributed by atoms with E-state index in [1.807, 2.05) is 0 Å². The number of carbonyl (C=O) groups is 1. The molecule has 0 aliphatic carbocycles. The number of aromatic nitrogens is 2. The van der Waals surface area contributed by atoms with Crippen molar-refractivity contribution >= 4 is 21.9 Å². The SMILES string of the molecule is Nc1nc(CNC(=O)C2CCCN2S(=O)(=O)c2ccc(F)cc2)cc(-c2ccc(C(F)(F)F)cc2)n1. The van der Waals surface area contributed by atoms with Crippen molar-refractivity contribution in [2.45, 2.75) is 36.5 Å². The number of rotatable bonds is 6. The molecule has 2 aromatic carbocycles. The minimum Gasteiger partial charge on any atom is -0.368 e. The summed E-state index contributed by atoms with van der Waals surface area (Å²) in [6.07, 6.45) is -3.71. The summed E-state index contributed by atoms with van der Waals surface area (Å²) in [5, 5.41) is 2.64. The second kappa shape index (κ2) is 9.82. The van der Waals surface area contributed by atoms with Gasteiger partial charge in [0.05, 0.1) is 28.4 Å². The Labute approximate surface area is 204 Å². The second-order valence-corrected chi connectivity index (χ2v) is 10.0. The molecule has 0 radical (unpaired) electrons. The van der Waals surface area contributed by atoms with Crippen LogP contribution in [0, 0.1) is 5.82 Å². The zero-order chi connectivity index (χ0) is 26.1. The van der Waals surface area contributed by atoms with Crippen LogP contribution in [0.25, 0.3) is 11.3 Å². The Bertz CT molecular complexity index is 1360. The van der Waals surface area contributed by atoms with Crippen LogP contribution < -0.4 is 11.1 Å². The lowest BCUT2D eigenvalue weighted by Gasteiger charge is -2.23. The predicted molar refractivity (Wildman–Crippen MR) is 122 cm³/mol. The van der Waals surface area contributed by atoms with Gasteiger partial charge in [0, 0.05) is 12.1 Å². The van der Waals surface area contributed by atoms with E-state index in [0.717, 1.165) is 40.7 Å². The van der Waals surface area contributed by atoms with Crippen molar-refractivity contribution in [2.75, 3.05) is 12.3 Å².